The predicted molar refractivity (Wildman–Crippen MR) is 86.9 cm³/mol. The molecule has 0 saturated heterocycles. The van der Waals surface area contributed by atoms with Crippen molar-refractivity contribution in [2.24, 2.45) is 0 Å². The maximum atomic E-state index is 12.4. The van der Waals surface area contributed by atoms with Gasteiger partial charge in [-0.1, -0.05) is 0 Å². The minimum absolute atomic E-state index is 0.0848. The van der Waals surface area contributed by atoms with Gasteiger partial charge in [0.2, 0.25) is 5.91 Å². The highest BCUT2D eigenvalue weighted by atomic mass is 32.2. The van der Waals surface area contributed by atoms with Crippen molar-refractivity contribution in [3.8, 4) is 11.5 Å². The van der Waals surface area contributed by atoms with E-state index < -0.39 is 33.5 Å². The van der Waals surface area contributed by atoms with E-state index in [-0.39, 0.29) is 6.54 Å². The molecule has 1 amide bonds. The van der Waals surface area contributed by atoms with Crippen LogP contribution in [0, 0.1) is 0 Å². The van der Waals surface area contributed by atoms with Crippen LogP contribution in [0.15, 0.2) is 18.2 Å². The molecule has 1 unspecified atom stereocenters. The summed E-state index contributed by atoms with van der Waals surface area (Å²) in [5, 5.41) is 7.67. The quantitative estimate of drug-likeness (QED) is 0.721. The fraction of sp³-hybridized carbons (Fsp3) is 0.467. The summed E-state index contributed by atoms with van der Waals surface area (Å²) in [7, 11) is -0.709. The molecule has 0 radical (unpaired) electrons. The summed E-state index contributed by atoms with van der Waals surface area (Å²) >= 11 is 0. The highest BCUT2D eigenvalue weighted by Gasteiger charge is 2.29. The van der Waals surface area contributed by atoms with Crippen LogP contribution in [0.5, 0.6) is 11.5 Å². The fourth-order valence-corrected chi connectivity index (χ4v) is 2.51. The highest BCUT2D eigenvalue weighted by Crippen LogP contribution is 2.23. The predicted octanol–water partition coefficient (Wildman–Crippen LogP) is 0.550. The molecule has 0 aliphatic rings. The lowest BCUT2D eigenvalue weighted by Gasteiger charge is -2.24. The zero-order chi connectivity index (χ0) is 18.5. The van der Waals surface area contributed by atoms with E-state index in [9.17, 15) is 18.0 Å². The molecule has 0 aliphatic carbocycles. The number of rotatable bonds is 8. The van der Waals surface area contributed by atoms with Gasteiger partial charge in [-0.15, -0.1) is 0 Å². The number of hydrogen-bond acceptors (Lipinski definition) is 6. The summed E-state index contributed by atoms with van der Waals surface area (Å²) in [5.41, 5.74) is 0.557. The van der Waals surface area contributed by atoms with Crippen LogP contribution in [0.4, 0.5) is 0 Å². The van der Waals surface area contributed by atoms with Gasteiger partial charge in [-0.3, -0.25) is 9.59 Å². The van der Waals surface area contributed by atoms with Crippen LogP contribution in [-0.4, -0.2) is 62.6 Å². The molecule has 0 heterocycles. The van der Waals surface area contributed by atoms with Gasteiger partial charge in [0, 0.05) is 18.9 Å². The Morgan fingerprint density at radius 1 is 1.17 bits per heavy atom. The van der Waals surface area contributed by atoms with Gasteiger partial charge in [0.05, 0.1) is 14.2 Å². The smallest absolute Gasteiger partial charge is 0.323 e. The molecule has 0 bridgehead atoms. The van der Waals surface area contributed by atoms with Crippen molar-refractivity contribution in [3.05, 3.63) is 23.8 Å². The zero-order valence-electron chi connectivity index (χ0n) is 14.0. The average molecular weight is 359 g/mol. The molecule has 0 aliphatic heterocycles. The number of carboxylic acid groups (broad SMARTS) is 1. The first-order chi connectivity index (χ1) is 11.1. The standard InChI is InChI=1S/C15H21NO7S/c1-10(24(4,20)21)15(19)16(9-14(17)18)8-11-5-12(22-2)7-13(6-11)23-3/h5-7,10H,8-9H2,1-4H3,(H,17,18). The Hall–Kier alpha value is -2.29. The first-order valence-electron chi connectivity index (χ1n) is 7.00. The van der Waals surface area contributed by atoms with Crippen LogP contribution in [0.3, 0.4) is 0 Å². The fourth-order valence-electron chi connectivity index (χ4n) is 1.99. The molecule has 1 rings (SSSR count). The summed E-state index contributed by atoms with van der Waals surface area (Å²) in [4.78, 5) is 24.4. The second kappa shape index (κ2) is 8.00. The molecular weight excluding hydrogens is 338 g/mol. The largest absolute Gasteiger partial charge is 0.497 e. The summed E-state index contributed by atoms with van der Waals surface area (Å²) in [6.45, 7) is 0.537. The second-order valence-corrected chi connectivity index (χ2v) is 7.65. The minimum Gasteiger partial charge on any atom is -0.497 e. The first-order valence-corrected chi connectivity index (χ1v) is 8.95. The molecular formula is C15H21NO7S. The second-order valence-electron chi connectivity index (χ2n) is 5.28. The number of aliphatic carboxylic acids is 1. The number of ether oxygens (including phenoxy) is 2. The number of nitrogens with zero attached hydrogens (tertiary/aromatic N) is 1. The van der Waals surface area contributed by atoms with Crippen LogP contribution < -0.4 is 9.47 Å². The third-order valence-electron chi connectivity index (χ3n) is 3.41. The Morgan fingerprint density at radius 3 is 2.04 bits per heavy atom. The van der Waals surface area contributed by atoms with E-state index in [1.807, 2.05) is 0 Å². The van der Waals surface area contributed by atoms with E-state index in [4.69, 9.17) is 14.6 Å². The molecule has 0 spiro atoms. The Bertz CT molecular complexity index is 692. The molecule has 1 atom stereocenters. The van der Waals surface area contributed by atoms with E-state index in [2.05, 4.69) is 0 Å². The Kier molecular flexibility index (Phi) is 6.59. The van der Waals surface area contributed by atoms with Crippen molar-refractivity contribution < 1.29 is 32.6 Å². The molecule has 134 valence electrons. The Labute approximate surface area is 140 Å². The third-order valence-corrected chi connectivity index (χ3v) is 4.90. The van der Waals surface area contributed by atoms with Crippen molar-refractivity contribution in [3.63, 3.8) is 0 Å². The monoisotopic (exact) mass is 359 g/mol. The third kappa shape index (κ3) is 5.41. The lowest BCUT2D eigenvalue weighted by atomic mass is 10.1. The van der Waals surface area contributed by atoms with Gasteiger partial charge in [0.1, 0.15) is 23.3 Å². The lowest BCUT2D eigenvalue weighted by molar-refractivity contribution is -0.144. The van der Waals surface area contributed by atoms with Crippen LogP contribution in [0.2, 0.25) is 0 Å². The molecule has 0 fully saturated rings. The molecule has 1 aromatic rings. The molecule has 0 saturated carbocycles. The van der Waals surface area contributed by atoms with Crippen molar-refractivity contribution >= 4 is 21.7 Å². The highest BCUT2D eigenvalue weighted by molar-refractivity contribution is 7.92. The van der Waals surface area contributed by atoms with Crippen molar-refractivity contribution in [2.45, 2.75) is 18.7 Å². The number of amides is 1. The van der Waals surface area contributed by atoms with Gasteiger partial charge in [-0.25, -0.2) is 8.42 Å². The minimum atomic E-state index is -3.63. The molecule has 8 nitrogen and oxygen atoms in total. The first kappa shape index (κ1) is 19.8. The lowest BCUT2D eigenvalue weighted by Crippen LogP contribution is -2.43. The van der Waals surface area contributed by atoms with Gasteiger partial charge in [0.25, 0.3) is 0 Å². The number of carbonyl (C=O) groups excluding carboxylic acids is 1. The number of benzene rings is 1. The van der Waals surface area contributed by atoms with E-state index in [0.717, 1.165) is 11.2 Å². The van der Waals surface area contributed by atoms with Crippen LogP contribution in [-0.2, 0) is 26.0 Å². The van der Waals surface area contributed by atoms with E-state index in [0.29, 0.717) is 17.1 Å². The van der Waals surface area contributed by atoms with Crippen molar-refractivity contribution in [2.75, 3.05) is 27.0 Å². The number of carbonyl (C=O) groups is 2. The van der Waals surface area contributed by atoms with Crippen molar-refractivity contribution in [1.29, 1.82) is 0 Å². The molecule has 1 N–H and O–H groups in total. The van der Waals surface area contributed by atoms with Crippen LogP contribution in [0.1, 0.15) is 12.5 Å². The summed E-state index contributed by atoms with van der Waals surface area (Å²) in [6.07, 6.45) is 0.934. The molecule has 0 aromatic heterocycles. The van der Waals surface area contributed by atoms with E-state index in [1.54, 1.807) is 18.2 Å². The normalized spacial score (nSPS) is 12.3. The van der Waals surface area contributed by atoms with Gasteiger partial charge >= 0.3 is 5.97 Å². The van der Waals surface area contributed by atoms with Gasteiger partial charge in [-0.05, 0) is 24.6 Å². The number of hydrogen-bond donors (Lipinski definition) is 1. The Balaban J connectivity index is 3.15. The Morgan fingerprint density at radius 2 is 1.67 bits per heavy atom. The van der Waals surface area contributed by atoms with Crippen LogP contribution >= 0.6 is 0 Å². The van der Waals surface area contributed by atoms with Gasteiger partial charge in [-0.2, -0.15) is 0 Å². The molecule has 24 heavy (non-hydrogen) atoms. The molecule has 1 aromatic carbocycles. The molecule has 9 heteroatoms. The summed E-state index contributed by atoms with van der Waals surface area (Å²) in [5.74, 6) is -1.06. The number of carboxylic acids is 1. The van der Waals surface area contributed by atoms with Gasteiger partial charge < -0.3 is 19.5 Å². The van der Waals surface area contributed by atoms with Gasteiger partial charge in [0.15, 0.2) is 9.84 Å². The number of sulfone groups is 1. The number of methoxy groups -OCH3 is 2. The average Bonchev–Trinajstić information content (AvgIpc) is 2.50. The summed E-state index contributed by atoms with van der Waals surface area (Å²) in [6, 6.07) is 4.87. The van der Waals surface area contributed by atoms with Crippen LogP contribution in [0.25, 0.3) is 0 Å². The SMILES string of the molecule is COc1cc(CN(CC(=O)O)C(=O)C(C)S(C)(=O)=O)cc(OC)c1. The maximum absolute atomic E-state index is 12.4. The zero-order valence-corrected chi connectivity index (χ0v) is 14.8. The van der Waals surface area contributed by atoms with E-state index in [1.165, 1.54) is 21.1 Å². The van der Waals surface area contributed by atoms with Crippen molar-refractivity contribution in [1.82, 2.24) is 4.90 Å². The maximum Gasteiger partial charge on any atom is 0.323 e. The topological polar surface area (TPSA) is 110 Å². The van der Waals surface area contributed by atoms with E-state index >= 15 is 0 Å². The summed E-state index contributed by atoms with van der Waals surface area (Å²) < 4.78 is 33.4.